The molecule has 2 aromatic carbocycles. The zero-order valence-corrected chi connectivity index (χ0v) is 15.1. The molecule has 138 valence electrons. The molecule has 1 heterocycles. The van der Waals surface area contributed by atoms with Crippen molar-refractivity contribution in [1.29, 1.82) is 0 Å². The molecule has 3 rings (SSSR count). The second-order valence-corrected chi connectivity index (χ2v) is 6.35. The Hall–Kier alpha value is -3.10. The number of halogens is 2. The molecule has 0 aliphatic rings. The van der Waals surface area contributed by atoms with E-state index in [1.54, 1.807) is 12.1 Å². The number of rotatable bonds is 3. The molecular formula is C17H12Cl2N4O4. The molecule has 0 saturated heterocycles. The standard InChI is InChI=1S/C17H12Cl2N4O4/c18-9-5-6-13(19)12(7-9)15(25)21-20-14(24)8-23-17(27)11-4-2-1-3-10(11)16(26)22-23/h1-7H,8H2,(H,20,24)(H,21,25)(H,22,26). The van der Waals surface area contributed by atoms with Gasteiger partial charge in [0.1, 0.15) is 6.54 Å². The van der Waals surface area contributed by atoms with Gasteiger partial charge in [-0.3, -0.25) is 35.1 Å². The second kappa shape index (κ2) is 7.65. The number of nitrogens with zero attached hydrogens (tertiary/aromatic N) is 1. The van der Waals surface area contributed by atoms with Crippen LogP contribution in [0, 0.1) is 0 Å². The van der Waals surface area contributed by atoms with Gasteiger partial charge in [-0.1, -0.05) is 35.3 Å². The summed E-state index contributed by atoms with van der Waals surface area (Å²) in [5.74, 6) is -1.41. The van der Waals surface area contributed by atoms with Crippen LogP contribution in [0.2, 0.25) is 10.0 Å². The molecule has 8 nitrogen and oxygen atoms in total. The first kappa shape index (κ1) is 18.7. The summed E-state index contributed by atoms with van der Waals surface area (Å²) >= 11 is 11.7. The highest BCUT2D eigenvalue weighted by molar-refractivity contribution is 6.35. The number of hydrazine groups is 1. The van der Waals surface area contributed by atoms with Crippen molar-refractivity contribution >= 4 is 45.8 Å². The maximum absolute atomic E-state index is 12.4. The fraction of sp³-hybridized carbons (Fsp3) is 0.0588. The van der Waals surface area contributed by atoms with Crippen molar-refractivity contribution in [3.63, 3.8) is 0 Å². The third-order valence-electron chi connectivity index (χ3n) is 3.67. The molecule has 0 unspecified atom stereocenters. The molecule has 1 aromatic heterocycles. The van der Waals surface area contributed by atoms with Gasteiger partial charge in [-0.25, -0.2) is 4.68 Å². The quantitative estimate of drug-likeness (QED) is 0.571. The zero-order valence-electron chi connectivity index (χ0n) is 13.6. The highest BCUT2D eigenvalue weighted by Gasteiger charge is 2.13. The Kier molecular flexibility index (Phi) is 5.29. The molecule has 0 atom stereocenters. The average molecular weight is 407 g/mol. The number of aromatic amines is 1. The third-order valence-corrected chi connectivity index (χ3v) is 4.24. The molecule has 0 bridgehead atoms. The van der Waals surface area contributed by atoms with E-state index in [9.17, 15) is 19.2 Å². The maximum atomic E-state index is 12.4. The Balaban J connectivity index is 1.73. The summed E-state index contributed by atoms with van der Waals surface area (Å²) in [7, 11) is 0. The molecule has 0 aliphatic carbocycles. The van der Waals surface area contributed by atoms with Crippen LogP contribution in [0.1, 0.15) is 10.4 Å². The lowest BCUT2D eigenvalue weighted by Gasteiger charge is -2.10. The topological polar surface area (TPSA) is 113 Å². The minimum absolute atomic E-state index is 0.0701. The third kappa shape index (κ3) is 4.02. The molecule has 27 heavy (non-hydrogen) atoms. The van der Waals surface area contributed by atoms with Gasteiger partial charge < -0.3 is 0 Å². The predicted molar refractivity (Wildman–Crippen MR) is 101 cm³/mol. The smallest absolute Gasteiger partial charge is 0.271 e. The van der Waals surface area contributed by atoms with E-state index >= 15 is 0 Å². The van der Waals surface area contributed by atoms with E-state index < -0.39 is 29.5 Å². The molecule has 2 amide bonds. The Morgan fingerprint density at radius 3 is 2.44 bits per heavy atom. The van der Waals surface area contributed by atoms with Crippen molar-refractivity contribution in [2.24, 2.45) is 0 Å². The molecule has 3 N–H and O–H groups in total. The van der Waals surface area contributed by atoms with Gasteiger partial charge in [0.2, 0.25) is 0 Å². The van der Waals surface area contributed by atoms with Crippen LogP contribution in [0.15, 0.2) is 52.1 Å². The van der Waals surface area contributed by atoms with Crippen molar-refractivity contribution in [1.82, 2.24) is 20.6 Å². The van der Waals surface area contributed by atoms with Crippen molar-refractivity contribution in [2.75, 3.05) is 0 Å². The monoisotopic (exact) mass is 406 g/mol. The van der Waals surface area contributed by atoms with E-state index in [0.717, 1.165) is 4.68 Å². The molecule has 0 saturated carbocycles. The molecule has 0 radical (unpaired) electrons. The Morgan fingerprint density at radius 2 is 1.70 bits per heavy atom. The maximum Gasteiger partial charge on any atom is 0.273 e. The first-order valence-corrected chi connectivity index (χ1v) is 8.38. The summed E-state index contributed by atoms with van der Waals surface area (Å²) in [5.41, 5.74) is 3.34. The molecule has 0 aliphatic heterocycles. The predicted octanol–water partition coefficient (Wildman–Crippen LogP) is 1.46. The first-order valence-electron chi connectivity index (χ1n) is 7.63. The van der Waals surface area contributed by atoms with Crippen molar-refractivity contribution in [3.05, 3.63) is 78.8 Å². The number of hydrogen-bond donors (Lipinski definition) is 3. The van der Waals surface area contributed by atoms with Gasteiger partial charge in [-0.05, 0) is 30.3 Å². The Bertz CT molecular complexity index is 1170. The fourth-order valence-corrected chi connectivity index (χ4v) is 2.78. The molecule has 0 fully saturated rings. The molecule has 3 aromatic rings. The number of aromatic nitrogens is 2. The number of carbonyl (C=O) groups excluding carboxylic acids is 2. The number of nitrogens with one attached hydrogen (secondary N) is 3. The van der Waals surface area contributed by atoms with Gasteiger partial charge in [0, 0.05) is 5.02 Å². The van der Waals surface area contributed by atoms with Crippen LogP contribution < -0.4 is 22.0 Å². The summed E-state index contributed by atoms with van der Waals surface area (Å²) in [4.78, 5) is 48.5. The summed E-state index contributed by atoms with van der Waals surface area (Å²) < 4.78 is 0.860. The number of amides is 2. The highest BCUT2D eigenvalue weighted by atomic mass is 35.5. The Labute approximate surface area is 161 Å². The van der Waals surface area contributed by atoms with Crippen molar-refractivity contribution in [2.45, 2.75) is 6.54 Å². The van der Waals surface area contributed by atoms with Gasteiger partial charge in [0.05, 0.1) is 21.4 Å². The van der Waals surface area contributed by atoms with Crippen LogP contribution >= 0.6 is 23.2 Å². The summed E-state index contributed by atoms with van der Waals surface area (Å²) in [5, 5.41) is 3.19. The van der Waals surface area contributed by atoms with Gasteiger partial charge >= 0.3 is 0 Å². The van der Waals surface area contributed by atoms with E-state index in [4.69, 9.17) is 23.2 Å². The lowest BCUT2D eigenvalue weighted by Crippen LogP contribution is -2.45. The van der Waals surface area contributed by atoms with E-state index in [-0.39, 0.29) is 21.4 Å². The van der Waals surface area contributed by atoms with Crippen molar-refractivity contribution in [3.8, 4) is 0 Å². The molecule has 0 spiro atoms. The summed E-state index contributed by atoms with van der Waals surface area (Å²) in [6.45, 7) is -0.498. The van der Waals surface area contributed by atoms with Crippen LogP contribution in [0.3, 0.4) is 0 Å². The normalized spacial score (nSPS) is 10.6. The van der Waals surface area contributed by atoms with Gasteiger partial charge in [0.25, 0.3) is 22.9 Å². The van der Waals surface area contributed by atoms with Crippen LogP contribution in [0.5, 0.6) is 0 Å². The molecule has 10 heteroatoms. The number of carbonyl (C=O) groups is 2. The first-order chi connectivity index (χ1) is 12.9. The van der Waals surface area contributed by atoms with Crippen LogP contribution in [0.4, 0.5) is 0 Å². The minimum atomic E-state index is -0.727. The van der Waals surface area contributed by atoms with Crippen LogP contribution in [-0.4, -0.2) is 21.6 Å². The molecular weight excluding hydrogens is 395 g/mol. The summed E-state index contributed by atoms with van der Waals surface area (Å²) in [6, 6.07) is 10.5. The minimum Gasteiger partial charge on any atom is -0.271 e. The lowest BCUT2D eigenvalue weighted by molar-refractivity contribution is -0.122. The number of hydrogen-bond acceptors (Lipinski definition) is 4. The van der Waals surface area contributed by atoms with Crippen LogP contribution in [-0.2, 0) is 11.3 Å². The summed E-state index contributed by atoms with van der Waals surface area (Å²) in [6.07, 6.45) is 0. The number of H-pyrrole nitrogens is 1. The van der Waals surface area contributed by atoms with E-state index in [0.29, 0.717) is 5.02 Å². The fourth-order valence-electron chi connectivity index (χ4n) is 2.41. The van der Waals surface area contributed by atoms with E-state index in [1.807, 2.05) is 0 Å². The van der Waals surface area contributed by atoms with Gasteiger partial charge in [-0.2, -0.15) is 0 Å². The van der Waals surface area contributed by atoms with Crippen LogP contribution in [0.25, 0.3) is 10.8 Å². The highest BCUT2D eigenvalue weighted by Crippen LogP contribution is 2.20. The SMILES string of the molecule is O=C(Cn1[nH]c(=O)c2ccccc2c1=O)NNC(=O)c1cc(Cl)ccc1Cl. The average Bonchev–Trinajstić information content (AvgIpc) is 2.66. The lowest BCUT2D eigenvalue weighted by atomic mass is 10.2. The van der Waals surface area contributed by atoms with Gasteiger partial charge in [-0.15, -0.1) is 0 Å². The number of benzene rings is 2. The second-order valence-electron chi connectivity index (χ2n) is 5.50. The van der Waals surface area contributed by atoms with Crippen molar-refractivity contribution < 1.29 is 9.59 Å². The largest absolute Gasteiger partial charge is 0.273 e. The van der Waals surface area contributed by atoms with Gasteiger partial charge in [0.15, 0.2) is 0 Å². The zero-order chi connectivity index (χ0) is 19.6. The number of fused-ring (bicyclic) bond motifs is 1. The Morgan fingerprint density at radius 1 is 1.00 bits per heavy atom. The van der Waals surface area contributed by atoms with E-state index in [2.05, 4.69) is 16.0 Å². The van der Waals surface area contributed by atoms with E-state index in [1.165, 1.54) is 30.3 Å².